The van der Waals surface area contributed by atoms with E-state index in [0.29, 0.717) is 27.2 Å². The fourth-order valence-corrected chi connectivity index (χ4v) is 2.28. The van der Waals surface area contributed by atoms with Crippen molar-refractivity contribution in [1.82, 2.24) is 9.97 Å². The van der Waals surface area contributed by atoms with E-state index >= 15 is 0 Å². The topological polar surface area (TPSA) is 40.7 Å². The zero-order valence-corrected chi connectivity index (χ0v) is 12.3. The van der Waals surface area contributed by atoms with Crippen LogP contribution in [-0.4, -0.2) is 9.97 Å². The lowest BCUT2D eigenvalue weighted by atomic mass is 10.3. The molecule has 0 saturated heterocycles. The quantitative estimate of drug-likeness (QED) is 0.679. The van der Waals surface area contributed by atoms with Crippen molar-refractivity contribution in [3.63, 3.8) is 0 Å². The van der Waals surface area contributed by atoms with E-state index in [9.17, 15) is 4.39 Å². The Hall–Kier alpha value is -1.49. The van der Waals surface area contributed by atoms with Crippen LogP contribution in [0.2, 0.25) is 10.0 Å². The Kier molecular flexibility index (Phi) is 4.38. The van der Waals surface area contributed by atoms with Gasteiger partial charge in [0, 0.05) is 0 Å². The predicted molar refractivity (Wildman–Crippen MR) is 83.0 cm³/mol. The molecule has 3 rings (SSSR count). The molecule has 3 aromatic rings. The molecule has 3 nitrogen and oxygen atoms in total. The van der Waals surface area contributed by atoms with E-state index in [4.69, 9.17) is 23.2 Å². The highest BCUT2D eigenvalue weighted by Gasteiger charge is 2.10. The average molecular weight is 333 g/mol. The number of hydrogen-bond acceptors (Lipinski definition) is 2. The molecule has 104 valence electrons. The monoisotopic (exact) mass is 331 g/mol. The van der Waals surface area contributed by atoms with Crippen LogP contribution in [-0.2, 0) is 0 Å². The lowest BCUT2D eigenvalue weighted by Gasteiger charge is -2.06. The highest BCUT2D eigenvalue weighted by atomic mass is 35.5. The summed E-state index contributed by atoms with van der Waals surface area (Å²) >= 11 is 12.1. The van der Waals surface area contributed by atoms with Crippen molar-refractivity contribution in [1.29, 1.82) is 0 Å². The smallest absolute Gasteiger partial charge is 0.205 e. The summed E-state index contributed by atoms with van der Waals surface area (Å²) in [7, 11) is 0. The Morgan fingerprint density at radius 3 is 2.35 bits per heavy atom. The van der Waals surface area contributed by atoms with Crippen molar-refractivity contribution < 1.29 is 4.39 Å². The molecule has 0 spiro atoms. The summed E-state index contributed by atoms with van der Waals surface area (Å²) in [5.41, 5.74) is 1.41. The van der Waals surface area contributed by atoms with Gasteiger partial charge < -0.3 is 10.3 Å². The molecule has 0 unspecified atom stereocenters. The first kappa shape index (κ1) is 14.9. The van der Waals surface area contributed by atoms with Crippen molar-refractivity contribution in [3.05, 3.63) is 52.3 Å². The predicted octanol–water partition coefficient (Wildman–Crippen LogP) is 5.17. The third-order valence-electron chi connectivity index (χ3n) is 2.67. The Morgan fingerprint density at radius 2 is 1.70 bits per heavy atom. The van der Waals surface area contributed by atoms with Gasteiger partial charge in [0.1, 0.15) is 5.52 Å². The maximum absolute atomic E-state index is 13.5. The van der Waals surface area contributed by atoms with Gasteiger partial charge in [-0.25, -0.2) is 9.37 Å². The van der Waals surface area contributed by atoms with Gasteiger partial charge in [-0.2, -0.15) is 0 Å². The molecule has 1 heterocycles. The Bertz CT molecular complexity index is 737. The second-order valence-corrected chi connectivity index (χ2v) is 4.76. The molecule has 0 atom stereocenters. The number of hydrogen-bond donors (Lipinski definition) is 2. The van der Waals surface area contributed by atoms with Gasteiger partial charge in [0.15, 0.2) is 5.82 Å². The lowest BCUT2D eigenvalue weighted by molar-refractivity contribution is 0.637. The van der Waals surface area contributed by atoms with Gasteiger partial charge in [-0.1, -0.05) is 35.3 Å². The second-order valence-electron chi connectivity index (χ2n) is 3.94. The molecule has 7 heteroatoms. The van der Waals surface area contributed by atoms with Crippen LogP contribution in [0.25, 0.3) is 11.0 Å². The van der Waals surface area contributed by atoms with Crippen molar-refractivity contribution in [3.8, 4) is 0 Å². The molecule has 0 amide bonds. The number of benzene rings is 2. The SMILES string of the molecule is Cl.Fc1cccc2[nH]c(Nc3c(Cl)cccc3Cl)nc12. The maximum Gasteiger partial charge on any atom is 0.205 e. The molecule has 0 fully saturated rings. The molecule has 0 radical (unpaired) electrons. The third kappa shape index (κ3) is 2.68. The number of rotatable bonds is 2. The molecule has 2 aromatic carbocycles. The van der Waals surface area contributed by atoms with Gasteiger partial charge >= 0.3 is 0 Å². The number of H-pyrrole nitrogens is 1. The van der Waals surface area contributed by atoms with Gasteiger partial charge in [-0.05, 0) is 24.3 Å². The molecule has 0 saturated carbocycles. The van der Waals surface area contributed by atoms with E-state index < -0.39 is 0 Å². The molecule has 0 aliphatic carbocycles. The number of nitrogens with zero attached hydrogens (tertiary/aromatic N) is 1. The highest BCUT2D eigenvalue weighted by molar-refractivity contribution is 6.39. The summed E-state index contributed by atoms with van der Waals surface area (Å²) in [6, 6.07) is 9.87. The third-order valence-corrected chi connectivity index (χ3v) is 3.30. The molecule has 0 bridgehead atoms. The summed E-state index contributed by atoms with van der Waals surface area (Å²) in [6.45, 7) is 0. The number of imidazole rings is 1. The minimum Gasteiger partial charge on any atom is -0.324 e. The van der Waals surface area contributed by atoms with E-state index in [1.807, 2.05) is 0 Å². The van der Waals surface area contributed by atoms with Crippen LogP contribution in [0.1, 0.15) is 0 Å². The van der Waals surface area contributed by atoms with Gasteiger partial charge in [0.05, 0.1) is 21.2 Å². The van der Waals surface area contributed by atoms with E-state index in [0.717, 1.165) is 0 Å². The van der Waals surface area contributed by atoms with Crippen molar-refractivity contribution >= 4 is 58.3 Å². The summed E-state index contributed by atoms with van der Waals surface area (Å²) < 4.78 is 13.5. The van der Waals surface area contributed by atoms with Crippen LogP contribution in [0.3, 0.4) is 0 Å². The van der Waals surface area contributed by atoms with Gasteiger partial charge in [-0.3, -0.25) is 0 Å². The number of aromatic nitrogens is 2. The highest BCUT2D eigenvalue weighted by Crippen LogP contribution is 2.32. The van der Waals surface area contributed by atoms with E-state index in [2.05, 4.69) is 15.3 Å². The lowest BCUT2D eigenvalue weighted by Crippen LogP contribution is -1.94. The average Bonchev–Trinajstić information content (AvgIpc) is 2.78. The largest absolute Gasteiger partial charge is 0.324 e. The summed E-state index contributed by atoms with van der Waals surface area (Å²) in [5, 5.41) is 3.89. The summed E-state index contributed by atoms with van der Waals surface area (Å²) in [4.78, 5) is 7.09. The van der Waals surface area contributed by atoms with Crippen molar-refractivity contribution in [2.45, 2.75) is 0 Å². The fourth-order valence-electron chi connectivity index (χ4n) is 1.79. The number of para-hydroxylation sites is 2. The normalized spacial score (nSPS) is 10.3. The minimum atomic E-state index is -0.382. The van der Waals surface area contributed by atoms with E-state index in [1.54, 1.807) is 30.3 Å². The fraction of sp³-hybridized carbons (Fsp3) is 0. The maximum atomic E-state index is 13.5. The van der Waals surface area contributed by atoms with Crippen LogP contribution >= 0.6 is 35.6 Å². The Morgan fingerprint density at radius 1 is 1.05 bits per heavy atom. The summed E-state index contributed by atoms with van der Waals surface area (Å²) in [6.07, 6.45) is 0. The van der Waals surface area contributed by atoms with Gasteiger partial charge in [-0.15, -0.1) is 12.4 Å². The van der Waals surface area contributed by atoms with Crippen molar-refractivity contribution in [2.24, 2.45) is 0 Å². The van der Waals surface area contributed by atoms with E-state index in [1.165, 1.54) is 6.07 Å². The number of anilines is 2. The summed E-state index contributed by atoms with van der Waals surface area (Å²) in [5.74, 6) is 0.00200. The second kappa shape index (κ2) is 5.87. The molecular weight excluding hydrogens is 324 g/mol. The van der Waals surface area contributed by atoms with Crippen LogP contribution in [0.15, 0.2) is 36.4 Å². The standard InChI is InChI=1S/C13H8Cl2FN3.ClH/c14-7-3-1-4-8(15)11(7)18-13-17-10-6-2-5-9(16)12(10)19-13;/h1-6H,(H2,17,18,19);1H. The van der Waals surface area contributed by atoms with Crippen LogP contribution in [0.4, 0.5) is 16.0 Å². The zero-order valence-electron chi connectivity index (χ0n) is 9.95. The number of nitrogens with one attached hydrogen (secondary N) is 2. The Labute approximate surface area is 130 Å². The molecule has 0 aliphatic heterocycles. The first-order valence-electron chi connectivity index (χ1n) is 5.50. The van der Waals surface area contributed by atoms with E-state index in [-0.39, 0.29) is 23.7 Å². The molecule has 0 aliphatic rings. The first-order chi connectivity index (χ1) is 9.15. The number of halogens is 4. The van der Waals surface area contributed by atoms with Crippen LogP contribution in [0.5, 0.6) is 0 Å². The number of fused-ring (bicyclic) bond motifs is 1. The van der Waals surface area contributed by atoms with Gasteiger partial charge in [0.25, 0.3) is 0 Å². The van der Waals surface area contributed by atoms with Crippen LogP contribution < -0.4 is 5.32 Å². The first-order valence-corrected chi connectivity index (χ1v) is 6.26. The molecule has 20 heavy (non-hydrogen) atoms. The Balaban J connectivity index is 0.00000147. The molecule has 1 aromatic heterocycles. The van der Waals surface area contributed by atoms with Crippen molar-refractivity contribution in [2.75, 3.05) is 5.32 Å². The molecular formula is C13H9Cl3FN3. The minimum absolute atomic E-state index is 0. The van der Waals surface area contributed by atoms with Crippen LogP contribution in [0, 0.1) is 5.82 Å². The number of aromatic amines is 1. The molecule has 2 N–H and O–H groups in total. The van der Waals surface area contributed by atoms with Gasteiger partial charge in [0.2, 0.25) is 5.95 Å². The zero-order chi connectivity index (χ0) is 13.4.